The zero-order chi connectivity index (χ0) is 22.1. The largest absolute Gasteiger partial charge is 0.493 e. The van der Waals surface area contributed by atoms with Crippen molar-refractivity contribution < 1.29 is 27.5 Å². The van der Waals surface area contributed by atoms with Gasteiger partial charge in [0.15, 0.2) is 21.3 Å². The molecule has 30 heavy (non-hydrogen) atoms. The summed E-state index contributed by atoms with van der Waals surface area (Å²) in [5.74, 6) is -0.188. The molecular weight excluding hydrogens is 408 g/mol. The monoisotopic (exact) mass is 432 g/mol. The second-order valence-electron chi connectivity index (χ2n) is 7.05. The molecule has 0 aromatic heterocycles. The molecule has 8 nitrogen and oxygen atoms in total. The van der Waals surface area contributed by atoms with Gasteiger partial charge < -0.3 is 20.1 Å². The Morgan fingerprint density at radius 2 is 1.97 bits per heavy atom. The van der Waals surface area contributed by atoms with Crippen LogP contribution in [0.1, 0.15) is 44.0 Å². The maximum atomic E-state index is 13.0. The molecule has 160 valence electrons. The number of amides is 2. The Morgan fingerprint density at radius 1 is 1.23 bits per heavy atom. The Bertz CT molecular complexity index is 1100. The maximum Gasteiger partial charge on any atom is 0.255 e. The minimum absolute atomic E-state index is 0.0670. The third kappa shape index (κ3) is 4.11. The van der Waals surface area contributed by atoms with Crippen LogP contribution in [0.25, 0.3) is 0 Å². The minimum atomic E-state index is -3.58. The van der Waals surface area contributed by atoms with E-state index < -0.39 is 26.9 Å². The van der Waals surface area contributed by atoms with Gasteiger partial charge in [0.05, 0.1) is 24.8 Å². The van der Waals surface area contributed by atoms with Crippen molar-refractivity contribution in [2.45, 2.75) is 18.7 Å². The summed E-state index contributed by atoms with van der Waals surface area (Å²) >= 11 is 0. The van der Waals surface area contributed by atoms with Crippen molar-refractivity contribution in [2.75, 3.05) is 26.5 Å². The molecule has 1 aliphatic heterocycles. The van der Waals surface area contributed by atoms with E-state index in [1.165, 1.54) is 18.1 Å². The summed E-state index contributed by atoms with van der Waals surface area (Å²) in [5.41, 5.74) is 6.91. The van der Waals surface area contributed by atoms with Crippen molar-refractivity contribution >= 4 is 21.7 Å². The van der Waals surface area contributed by atoms with E-state index in [2.05, 4.69) is 0 Å². The molecule has 0 saturated heterocycles. The average Bonchev–Trinajstić information content (AvgIpc) is 3.01. The first-order chi connectivity index (χ1) is 14.2. The van der Waals surface area contributed by atoms with Crippen molar-refractivity contribution in [1.29, 1.82) is 0 Å². The molecule has 1 unspecified atom stereocenters. The number of hydrogen-bond donors (Lipinski definition) is 1. The minimum Gasteiger partial charge on any atom is -0.493 e. The lowest BCUT2D eigenvalue weighted by Crippen LogP contribution is -2.32. The van der Waals surface area contributed by atoms with Gasteiger partial charge in [-0.15, -0.1) is 0 Å². The van der Waals surface area contributed by atoms with Crippen LogP contribution in [0, 0.1) is 0 Å². The van der Waals surface area contributed by atoms with Crippen LogP contribution in [0.4, 0.5) is 0 Å². The van der Waals surface area contributed by atoms with E-state index in [0.29, 0.717) is 29.2 Å². The number of ether oxygens (including phenoxy) is 2. The summed E-state index contributed by atoms with van der Waals surface area (Å²) in [5, 5.41) is -0.974. The summed E-state index contributed by atoms with van der Waals surface area (Å²) < 4.78 is 36.1. The van der Waals surface area contributed by atoms with Gasteiger partial charge in [0, 0.05) is 19.3 Å². The SMILES string of the molecule is CCOc1cc(C(CN2Cc3cccc(C(N)=O)c3C2=O)S(C)(=O)=O)ccc1OC. The summed E-state index contributed by atoms with van der Waals surface area (Å²) in [6.45, 7) is 2.34. The summed E-state index contributed by atoms with van der Waals surface area (Å²) in [7, 11) is -2.07. The highest BCUT2D eigenvalue weighted by Crippen LogP contribution is 2.35. The van der Waals surface area contributed by atoms with E-state index in [1.54, 1.807) is 30.3 Å². The number of hydrogen-bond acceptors (Lipinski definition) is 6. The normalized spacial score (nSPS) is 14.4. The predicted octanol–water partition coefficient (Wildman–Crippen LogP) is 1.93. The van der Waals surface area contributed by atoms with Crippen molar-refractivity contribution in [2.24, 2.45) is 5.73 Å². The Morgan fingerprint density at radius 3 is 2.57 bits per heavy atom. The van der Waals surface area contributed by atoms with Crippen molar-refractivity contribution in [3.8, 4) is 11.5 Å². The van der Waals surface area contributed by atoms with Crippen LogP contribution in [0.3, 0.4) is 0 Å². The van der Waals surface area contributed by atoms with Gasteiger partial charge in [-0.05, 0) is 36.2 Å². The first-order valence-corrected chi connectivity index (χ1v) is 11.3. The fourth-order valence-electron chi connectivity index (χ4n) is 3.62. The third-order valence-electron chi connectivity index (χ3n) is 5.04. The highest BCUT2D eigenvalue weighted by molar-refractivity contribution is 7.91. The van der Waals surface area contributed by atoms with Crippen LogP contribution in [0.5, 0.6) is 11.5 Å². The number of nitrogens with zero attached hydrogens (tertiary/aromatic N) is 1. The lowest BCUT2D eigenvalue weighted by molar-refractivity contribution is 0.0774. The van der Waals surface area contributed by atoms with Gasteiger partial charge in [0.1, 0.15) is 5.25 Å². The molecule has 1 aliphatic rings. The first-order valence-electron chi connectivity index (χ1n) is 9.38. The second kappa shape index (κ2) is 8.35. The highest BCUT2D eigenvalue weighted by atomic mass is 32.2. The van der Waals surface area contributed by atoms with E-state index in [0.717, 1.165) is 6.26 Å². The Labute approximate surface area is 175 Å². The van der Waals surface area contributed by atoms with E-state index in [4.69, 9.17) is 15.2 Å². The number of sulfone groups is 1. The van der Waals surface area contributed by atoms with E-state index >= 15 is 0 Å². The number of methoxy groups -OCH3 is 1. The zero-order valence-electron chi connectivity index (χ0n) is 17.0. The molecule has 0 aliphatic carbocycles. The predicted molar refractivity (Wildman–Crippen MR) is 111 cm³/mol. The molecule has 0 spiro atoms. The molecule has 2 aromatic carbocycles. The summed E-state index contributed by atoms with van der Waals surface area (Å²) in [4.78, 5) is 26.1. The fourth-order valence-corrected chi connectivity index (χ4v) is 4.71. The molecule has 1 heterocycles. The molecule has 3 rings (SSSR count). The third-order valence-corrected chi connectivity index (χ3v) is 6.50. The van der Waals surface area contributed by atoms with Crippen molar-refractivity contribution in [3.05, 3.63) is 58.7 Å². The van der Waals surface area contributed by atoms with Gasteiger partial charge in [-0.3, -0.25) is 9.59 Å². The van der Waals surface area contributed by atoms with Crippen LogP contribution >= 0.6 is 0 Å². The number of primary amides is 1. The molecule has 1 atom stereocenters. The highest BCUT2D eigenvalue weighted by Gasteiger charge is 2.35. The molecule has 0 bridgehead atoms. The maximum absolute atomic E-state index is 13.0. The quantitative estimate of drug-likeness (QED) is 0.681. The molecule has 0 saturated carbocycles. The molecule has 2 amide bonds. The number of carbonyl (C=O) groups is 2. The average molecular weight is 432 g/mol. The number of benzene rings is 2. The van der Waals surface area contributed by atoms with Gasteiger partial charge in [0.2, 0.25) is 5.91 Å². The topological polar surface area (TPSA) is 116 Å². The molecule has 0 fully saturated rings. The molecule has 2 aromatic rings. The van der Waals surface area contributed by atoms with E-state index in [-0.39, 0.29) is 24.2 Å². The number of fused-ring (bicyclic) bond motifs is 1. The first kappa shape index (κ1) is 21.6. The second-order valence-corrected chi connectivity index (χ2v) is 9.28. The Kier molecular flexibility index (Phi) is 6.02. The Balaban J connectivity index is 1.96. The lowest BCUT2D eigenvalue weighted by Gasteiger charge is -2.24. The van der Waals surface area contributed by atoms with Gasteiger partial charge in [-0.1, -0.05) is 18.2 Å². The number of carbonyl (C=O) groups excluding carboxylic acids is 2. The zero-order valence-corrected chi connectivity index (χ0v) is 17.9. The van der Waals surface area contributed by atoms with Crippen LogP contribution in [-0.2, 0) is 16.4 Å². The molecule has 9 heteroatoms. The summed E-state index contributed by atoms with van der Waals surface area (Å²) in [6, 6.07) is 9.79. The van der Waals surface area contributed by atoms with Gasteiger partial charge >= 0.3 is 0 Å². The van der Waals surface area contributed by atoms with E-state index in [9.17, 15) is 18.0 Å². The summed E-state index contributed by atoms with van der Waals surface area (Å²) in [6.07, 6.45) is 1.13. The molecule has 0 radical (unpaired) electrons. The number of rotatable bonds is 8. The fraction of sp³-hybridized carbons (Fsp3) is 0.333. The molecular formula is C21H24N2O6S. The van der Waals surface area contributed by atoms with Crippen LogP contribution < -0.4 is 15.2 Å². The van der Waals surface area contributed by atoms with Gasteiger partial charge in [-0.2, -0.15) is 0 Å². The van der Waals surface area contributed by atoms with Crippen molar-refractivity contribution in [3.63, 3.8) is 0 Å². The van der Waals surface area contributed by atoms with Gasteiger partial charge in [0.25, 0.3) is 5.91 Å². The van der Waals surface area contributed by atoms with Crippen LogP contribution in [0.2, 0.25) is 0 Å². The van der Waals surface area contributed by atoms with Crippen molar-refractivity contribution in [1.82, 2.24) is 4.90 Å². The number of nitrogens with two attached hydrogens (primary N) is 1. The molecule has 2 N–H and O–H groups in total. The van der Waals surface area contributed by atoms with Crippen LogP contribution in [0.15, 0.2) is 36.4 Å². The van der Waals surface area contributed by atoms with E-state index in [1.807, 2.05) is 6.92 Å². The smallest absolute Gasteiger partial charge is 0.255 e. The lowest BCUT2D eigenvalue weighted by atomic mass is 10.0. The van der Waals surface area contributed by atoms with Gasteiger partial charge in [-0.25, -0.2) is 8.42 Å². The Hall–Kier alpha value is -3.07. The standard InChI is InChI=1S/C21H24N2O6S/c1-4-29-17-10-13(8-9-16(17)28-2)18(30(3,26)27)12-23-11-14-6-5-7-15(20(22)24)19(14)21(23)25/h5-10,18H,4,11-12H2,1-3H3,(H2,22,24). The van der Waals surface area contributed by atoms with Crippen LogP contribution in [-0.4, -0.2) is 51.6 Å².